The van der Waals surface area contributed by atoms with Crippen molar-refractivity contribution in [2.45, 2.75) is 124 Å². The Morgan fingerprint density at radius 2 is 0.764 bits per heavy atom. The van der Waals surface area contributed by atoms with Crippen LogP contribution in [0.15, 0.2) is 0 Å². The molecule has 0 radical (unpaired) electrons. The minimum absolute atomic E-state index is 0.00351. The average molecular weight is 942 g/mol. The third-order valence-electron chi connectivity index (χ3n) is 7.77. The van der Waals surface area contributed by atoms with Crippen LogP contribution in [0.25, 0.3) is 0 Å². The summed E-state index contributed by atoms with van der Waals surface area (Å²) in [5.74, 6) is -0.605. The van der Waals surface area contributed by atoms with Crippen molar-refractivity contribution >= 4 is 71.7 Å². The highest BCUT2D eigenvalue weighted by Crippen LogP contribution is 2.38. The van der Waals surface area contributed by atoms with Gasteiger partial charge in [-0.2, -0.15) is 8.42 Å². The summed E-state index contributed by atoms with van der Waals surface area (Å²) in [6.07, 6.45) is 0.306. The van der Waals surface area contributed by atoms with Crippen molar-refractivity contribution in [3.05, 3.63) is 0 Å². The van der Waals surface area contributed by atoms with Gasteiger partial charge in [-0.3, -0.25) is 4.55 Å². The van der Waals surface area contributed by atoms with E-state index in [0.717, 1.165) is 0 Å². The summed E-state index contributed by atoms with van der Waals surface area (Å²) in [4.78, 5) is 47.2. The molecular formula is C27H72N2O18SSi7. The normalized spacial score (nSPS) is 19.5. The quantitative estimate of drug-likeness (QED) is 0.0349. The molecule has 0 bridgehead atoms. The van der Waals surface area contributed by atoms with Crippen LogP contribution in [-0.4, -0.2) is 146 Å². The van der Waals surface area contributed by atoms with E-state index in [-0.39, 0.29) is 108 Å². The van der Waals surface area contributed by atoms with E-state index in [1.54, 1.807) is 62.3 Å². The van der Waals surface area contributed by atoms with E-state index in [1.165, 1.54) is 0 Å². The Bertz CT molecular complexity index is 1120. The van der Waals surface area contributed by atoms with E-state index >= 15 is 0 Å². The molecule has 0 rings (SSSR count). The van der Waals surface area contributed by atoms with E-state index in [2.05, 4.69) is 0 Å². The fourth-order valence-electron chi connectivity index (χ4n) is 5.18. The Morgan fingerprint density at radius 3 is 1.09 bits per heavy atom. The zero-order valence-corrected chi connectivity index (χ0v) is 42.2. The van der Waals surface area contributed by atoms with E-state index in [0.29, 0.717) is 0 Å². The molecule has 0 amide bonds. The minimum atomic E-state index is -4.78. The predicted molar refractivity (Wildman–Crippen MR) is 219 cm³/mol. The van der Waals surface area contributed by atoms with Gasteiger partial charge in [0.25, 0.3) is 10.1 Å². The van der Waals surface area contributed by atoms with Crippen LogP contribution in [0.1, 0.15) is 81.6 Å². The Kier molecular flexibility index (Phi) is 26.5. The van der Waals surface area contributed by atoms with Gasteiger partial charge < -0.3 is 77.5 Å². The van der Waals surface area contributed by atoms with Crippen molar-refractivity contribution < 1.29 is 79.0 Å². The lowest BCUT2D eigenvalue weighted by Gasteiger charge is -2.46. The van der Waals surface area contributed by atoms with Gasteiger partial charge in [-0.15, -0.1) is 0 Å². The van der Waals surface area contributed by atoms with Crippen molar-refractivity contribution in [3.63, 3.8) is 0 Å². The Hall–Kier alpha value is 0.748. The molecular weight excluding hydrogens is 869 g/mol. The van der Waals surface area contributed by atoms with Gasteiger partial charge >= 0.3 is 61.6 Å². The number of hydrogen-bond donors (Lipinski definition) is 7. The largest absolute Gasteiger partial charge is 0.493 e. The van der Waals surface area contributed by atoms with Gasteiger partial charge in [0.05, 0.1) is 5.75 Å². The molecule has 28 heteroatoms. The van der Waals surface area contributed by atoms with E-state index in [1.807, 2.05) is 0 Å². The van der Waals surface area contributed by atoms with Gasteiger partial charge in [0.1, 0.15) is 0 Å². The Labute approximate surface area is 336 Å². The summed E-state index contributed by atoms with van der Waals surface area (Å²) in [5, 5.41) is 0. The first kappa shape index (κ1) is 55.7. The van der Waals surface area contributed by atoms with Crippen LogP contribution in [0.4, 0.5) is 0 Å². The van der Waals surface area contributed by atoms with Crippen LogP contribution < -0.4 is 11.5 Å². The summed E-state index contributed by atoms with van der Waals surface area (Å²) in [6.45, 7) is 15.4. The molecule has 0 aromatic carbocycles. The maximum Gasteiger partial charge on any atom is 0.493 e. The lowest BCUT2D eigenvalue weighted by molar-refractivity contribution is 0.0446. The molecule has 20 nitrogen and oxygen atoms in total. The molecule has 0 aliphatic rings. The fourth-order valence-corrected chi connectivity index (χ4v) is 33.2. The van der Waals surface area contributed by atoms with Crippen molar-refractivity contribution in [2.24, 2.45) is 11.5 Å². The lowest BCUT2D eigenvalue weighted by Crippen LogP contribution is -2.71. The monoisotopic (exact) mass is 940 g/mol. The molecule has 5 atom stereocenters. The van der Waals surface area contributed by atoms with E-state index in [9.17, 15) is 32.2 Å². The van der Waals surface area contributed by atoms with Crippen molar-refractivity contribution in [1.29, 1.82) is 0 Å². The number of rotatable bonds is 36. The van der Waals surface area contributed by atoms with Gasteiger partial charge in [0, 0.05) is 75.3 Å². The Morgan fingerprint density at radius 1 is 0.436 bits per heavy atom. The highest BCUT2D eigenvalue weighted by Gasteiger charge is 2.65. The van der Waals surface area contributed by atoms with Crippen LogP contribution in [0.5, 0.6) is 0 Å². The van der Waals surface area contributed by atoms with Crippen LogP contribution in [0.3, 0.4) is 0 Å². The second kappa shape index (κ2) is 26.2. The van der Waals surface area contributed by atoms with Crippen LogP contribution in [-0.2, 0) is 56.9 Å². The number of hydrogen-bond acceptors (Lipinski definition) is 19. The minimum Gasteiger partial charge on any atom is -0.391 e. The van der Waals surface area contributed by atoms with Gasteiger partial charge in [-0.25, -0.2) is 0 Å². The highest BCUT2D eigenvalue weighted by molar-refractivity contribution is 7.85. The van der Waals surface area contributed by atoms with Gasteiger partial charge in [0.15, 0.2) is 0 Å². The molecule has 332 valence electrons. The second-order valence-corrected chi connectivity index (χ2v) is 34.3. The second-order valence-electron chi connectivity index (χ2n) is 12.3. The fraction of sp³-hybridized carbons (Fsp3) is 1.00. The van der Waals surface area contributed by atoms with Crippen LogP contribution in [0, 0.1) is 0 Å². The standard InChI is InChI=1S/C27H72N2O18SSi7/c1-10-37-49(33,15-6)42-51(35,17-8)44-55(26-20-23-29,45-52(36,18-9)43-50(34,16-7)38-11-2)47-54(41-14-5,25-19-22-28)46-53(39-12-3,40-13-4)27-21-24-48(30,31)32/h33-36H,10-29H2,1-9H3,(H,30,31,32). The van der Waals surface area contributed by atoms with Crippen molar-refractivity contribution in [1.82, 2.24) is 0 Å². The zero-order valence-electron chi connectivity index (χ0n) is 34.3. The first-order valence-corrected chi connectivity index (χ1v) is 34.6. The summed E-state index contributed by atoms with van der Waals surface area (Å²) < 4.78 is 102. The summed E-state index contributed by atoms with van der Waals surface area (Å²) in [6, 6.07) is -0.532. The molecule has 0 aliphatic heterocycles. The summed E-state index contributed by atoms with van der Waals surface area (Å²) >= 11 is 0. The summed E-state index contributed by atoms with van der Waals surface area (Å²) in [5.41, 5.74) is 12.1. The maximum absolute atomic E-state index is 12.2. The van der Waals surface area contributed by atoms with Crippen molar-refractivity contribution in [3.8, 4) is 0 Å². The van der Waals surface area contributed by atoms with E-state index < -0.39 is 77.5 Å². The molecule has 9 N–H and O–H groups in total. The van der Waals surface area contributed by atoms with Crippen LogP contribution in [0.2, 0.25) is 42.3 Å². The highest BCUT2D eigenvalue weighted by atomic mass is 32.2. The zero-order chi connectivity index (χ0) is 42.5. The molecule has 5 unspecified atom stereocenters. The molecule has 55 heavy (non-hydrogen) atoms. The first-order valence-electron chi connectivity index (χ1n) is 19.3. The van der Waals surface area contributed by atoms with E-state index in [4.69, 9.17) is 58.3 Å². The average Bonchev–Trinajstić information content (AvgIpc) is 3.09. The smallest absolute Gasteiger partial charge is 0.391 e. The molecule has 0 aromatic rings. The van der Waals surface area contributed by atoms with Gasteiger partial charge in [0.2, 0.25) is 0 Å². The molecule has 0 heterocycles. The topological polar surface area (TPSA) is 289 Å². The molecule has 0 spiro atoms. The van der Waals surface area contributed by atoms with Gasteiger partial charge in [-0.1, -0.05) is 27.7 Å². The SMILES string of the molecule is CCO[Si](O)(CC)O[Si](O)(CC)O[Si](CCCN)(O[Si](O)(CC)O[Si](O)(CC)OCC)O[Si](CCCN)(OCC)O[Si](CCCS(=O)(=O)O)(OCC)OCC. The Balaban J connectivity index is 8.09. The van der Waals surface area contributed by atoms with Crippen LogP contribution >= 0.6 is 0 Å². The maximum atomic E-state index is 12.2. The summed E-state index contributed by atoms with van der Waals surface area (Å²) in [7, 11) is -34.8. The van der Waals surface area contributed by atoms with Gasteiger partial charge in [-0.05, 0) is 67.0 Å². The molecule has 0 saturated carbocycles. The third-order valence-corrected chi connectivity index (χ3v) is 33.8. The lowest BCUT2D eigenvalue weighted by atomic mass is 10.5. The van der Waals surface area contributed by atoms with Crippen molar-refractivity contribution in [2.75, 3.05) is 51.9 Å². The molecule has 0 aromatic heterocycles. The molecule has 0 fully saturated rings. The third kappa shape index (κ3) is 20.2. The first-order chi connectivity index (χ1) is 25.6. The predicted octanol–water partition coefficient (Wildman–Crippen LogP) is 1.87. The molecule has 0 saturated heterocycles. The molecule has 0 aliphatic carbocycles. The number of nitrogens with two attached hydrogens (primary N) is 2.